The van der Waals surface area contributed by atoms with Gasteiger partial charge in [-0.2, -0.15) is 5.21 Å². The summed E-state index contributed by atoms with van der Waals surface area (Å²) in [5, 5.41) is 24.0. The van der Waals surface area contributed by atoms with Crippen LogP contribution in [-0.4, -0.2) is 54.6 Å². The maximum absolute atomic E-state index is 13.5. The highest BCUT2D eigenvalue weighted by Gasteiger charge is 2.34. The molecule has 1 N–H and O–H groups in total. The van der Waals surface area contributed by atoms with E-state index >= 15 is 0 Å². The number of aromatic amines is 1. The molecule has 4 aromatic rings. The van der Waals surface area contributed by atoms with Crippen LogP contribution in [0.1, 0.15) is 64.0 Å². The molecule has 0 radical (unpaired) electrons. The van der Waals surface area contributed by atoms with Crippen LogP contribution in [0.4, 0.5) is 0 Å². The topological polar surface area (TPSA) is 197 Å². The fourth-order valence-corrected chi connectivity index (χ4v) is 5.03. The highest BCUT2D eigenvalue weighted by Crippen LogP contribution is 2.30. The Kier molecular flexibility index (Phi) is 11.4. The molecule has 0 aliphatic carbocycles. The summed E-state index contributed by atoms with van der Waals surface area (Å²) < 4.78 is 15.6. The first kappa shape index (κ1) is 33.6. The number of carbonyl (C=O) groups excluding carboxylic acids is 2. The second-order valence-corrected chi connectivity index (χ2v) is 11.0. The summed E-state index contributed by atoms with van der Waals surface area (Å²) in [6.07, 6.45) is 0.586. The van der Waals surface area contributed by atoms with Crippen molar-refractivity contribution in [3.8, 4) is 22.5 Å². The number of nitrogens with zero attached hydrogens (tertiary/aromatic N) is 5. The normalized spacial score (nSPS) is 12.5. The molecule has 0 spiro atoms. The number of nitrogens with one attached hydrogen (secondary N) is 1. The summed E-state index contributed by atoms with van der Waals surface area (Å²) in [7, 11) is 0. The van der Waals surface area contributed by atoms with E-state index in [-0.39, 0.29) is 42.7 Å². The minimum absolute atomic E-state index is 0.0369. The van der Waals surface area contributed by atoms with E-state index in [4.69, 9.17) is 13.6 Å². The molecule has 1 amide bonds. The van der Waals surface area contributed by atoms with Crippen LogP contribution in [0.5, 0.6) is 0 Å². The molecule has 244 valence electrons. The number of tetrazole rings is 1. The molecular weight excluding hydrogens is 600 g/mol. The van der Waals surface area contributed by atoms with Crippen molar-refractivity contribution in [1.82, 2.24) is 25.5 Å². The molecule has 2 aromatic heterocycles. The molecule has 0 bridgehead atoms. The maximum Gasteiger partial charge on any atom is 0.519 e. The van der Waals surface area contributed by atoms with Crippen molar-refractivity contribution in [2.24, 2.45) is 5.92 Å². The lowest BCUT2D eigenvalue weighted by molar-refractivity contribution is -0.767. The highest BCUT2D eigenvalue weighted by atomic mass is 17.0. The number of hydrogen-bond acceptors (Lipinski definition) is 12. The van der Waals surface area contributed by atoms with Gasteiger partial charge in [0.1, 0.15) is 12.1 Å². The molecule has 0 saturated carbocycles. The molecule has 2 atom stereocenters. The molecule has 2 heterocycles. The van der Waals surface area contributed by atoms with Crippen LogP contribution < -0.4 is 5.82 Å². The average molecular weight is 637 g/mol. The van der Waals surface area contributed by atoms with Gasteiger partial charge >= 0.3 is 11.8 Å². The zero-order valence-electron chi connectivity index (χ0n) is 26.0. The number of H-pyrrole nitrogens is 1. The summed E-state index contributed by atoms with van der Waals surface area (Å²) in [5.41, 5.74) is 3.41. The Bertz CT molecular complexity index is 1660. The third kappa shape index (κ3) is 8.64. The minimum atomic E-state index is -1.05. The van der Waals surface area contributed by atoms with Gasteiger partial charge in [0.25, 0.3) is 5.09 Å². The van der Waals surface area contributed by atoms with E-state index in [1.54, 1.807) is 0 Å². The van der Waals surface area contributed by atoms with Crippen LogP contribution in [0.25, 0.3) is 22.5 Å². The predicted molar refractivity (Wildman–Crippen MR) is 162 cm³/mol. The number of esters is 1. The lowest BCUT2D eigenvalue weighted by atomic mass is 9.97. The van der Waals surface area contributed by atoms with Crippen LogP contribution in [0.3, 0.4) is 0 Å². The third-order valence-corrected chi connectivity index (χ3v) is 7.21. The zero-order valence-corrected chi connectivity index (χ0v) is 26.0. The Balaban J connectivity index is 1.54. The molecular formula is C31H36N6O9. The van der Waals surface area contributed by atoms with Crippen molar-refractivity contribution in [2.45, 2.75) is 78.7 Å². The SMILES string of the molecule is CCCCC(=O)N(Cc1ccc(-c2ccccc2-c2nn[nH]n2)cc1)[C@H](C(=O)OCc1oc(=O)oc1C[C@@H](C)O[N+](=O)[O-])C(C)C. The van der Waals surface area contributed by atoms with Crippen molar-refractivity contribution in [1.29, 1.82) is 0 Å². The molecule has 4 rings (SSSR count). The fraction of sp³-hybridized carbons (Fsp3) is 0.419. The lowest BCUT2D eigenvalue weighted by Gasteiger charge is -2.33. The number of rotatable bonds is 16. The van der Waals surface area contributed by atoms with E-state index < -0.39 is 35.6 Å². The van der Waals surface area contributed by atoms with Gasteiger partial charge in [0, 0.05) is 24.9 Å². The van der Waals surface area contributed by atoms with Gasteiger partial charge in [-0.05, 0) is 41.2 Å². The van der Waals surface area contributed by atoms with Crippen molar-refractivity contribution >= 4 is 11.9 Å². The Morgan fingerprint density at radius 1 is 1.04 bits per heavy atom. The van der Waals surface area contributed by atoms with E-state index in [9.17, 15) is 24.5 Å². The summed E-state index contributed by atoms with van der Waals surface area (Å²) in [5.74, 6) is -1.95. The Labute approximate surface area is 264 Å². The molecule has 15 heteroatoms. The quantitative estimate of drug-likeness (QED) is 0.103. The first-order chi connectivity index (χ1) is 22.1. The molecule has 0 aliphatic heterocycles. The molecule has 46 heavy (non-hydrogen) atoms. The first-order valence-corrected chi connectivity index (χ1v) is 14.9. The standard InChI is InChI=1S/C31H36N6O9/c1-5-6-11-27(38)36(17-21-12-14-22(15-13-21)23-9-7-8-10-24(23)29-32-34-35-33-29)28(19(2)3)30(39)43-18-26-25(44-31(40)45-26)16-20(4)46-37(41)42/h7-10,12-15,19-20,28H,5-6,11,16-18H2,1-4H3,(H,32,33,34,35)/t20-,28+/m1/s1. The summed E-state index contributed by atoms with van der Waals surface area (Å²) in [6, 6.07) is 14.4. The van der Waals surface area contributed by atoms with Crippen molar-refractivity contribution in [2.75, 3.05) is 0 Å². The number of hydrogen-bond donors (Lipinski definition) is 1. The van der Waals surface area contributed by atoms with Gasteiger partial charge in [0.05, 0.1) is 0 Å². The smallest absolute Gasteiger partial charge is 0.456 e. The monoisotopic (exact) mass is 636 g/mol. The van der Waals surface area contributed by atoms with E-state index in [1.807, 2.05) is 69.3 Å². The highest BCUT2D eigenvalue weighted by molar-refractivity contribution is 5.85. The number of unbranched alkanes of at least 4 members (excludes halogenated alkanes) is 1. The summed E-state index contributed by atoms with van der Waals surface area (Å²) >= 11 is 0. The number of ether oxygens (including phenoxy) is 1. The van der Waals surface area contributed by atoms with Gasteiger partial charge in [0.15, 0.2) is 18.1 Å². The maximum atomic E-state index is 13.5. The Hall–Kier alpha value is -5.34. The van der Waals surface area contributed by atoms with Crippen molar-refractivity contribution in [3.05, 3.63) is 86.3 Å². The third-order valence-electron chi connectivity index (χ3n) is 7.21. The van der Waals surface area contributed by atoms with Gasteiger partial charge in [-0.1, -0.05) is 75.7 Å². The summed E-state index contributed by atoms with van der Waals surface area (Å²) in [4.78, 5) is 55.5. The fourth-order valence-electron chi connectivity index (χ4n) is 5.03. The van der Waals surface area contributed by atoms with Gasteiger partial charge in [0.2, 0.25) is 11.7 Å². The van der Waals surface area contributed by atoms with Crippen LogP contribution in [-0.2, 0) is 38.7 Å². The predicted octanol–water partition coefficient (Wildman–Crippen LogP) is 4.51. The van der Waals surface area contributed by atoms with Gasteiger partial charge < -0.3 is 23.3 Å². The Morgan fingerprint density at radius 3 is 2.37 bits per heavy atom. The van der Waals surface area contributed by atoms with E-state index in [2.05, 4.69) is 25.5 Å². The van der Waals surface area contributed by atoms with Crippen molar-refractivity contribution < 1.29 is 33.1 Å². The van der Waals surface area contributed by atoms with E-state index in [0.717, 1.165) is 28.7 Å². The lowest BCUT2D eigenvalue weighted by Crippen LogP contribution is -2.48. The summed E-state index contributed by atoms with van der Waals surface area (Å²) in [6.45, 7) is 6.69. The molecule has 0 saturated heterocycles. The van der Waals surface area contributed by atoms with Crippen LogP contribution in [0.15, 0.2) is 62.2 Å². The Morgan fingerprint density at radius 2 is 1.74 bits per heavy atom. The second-order valence-electron chi connectivity index (χ2n) is 11.0. The first-order valence-electron chi connectivity index (χ1n) is 14.9. The molecule has 0 fully saturated rings. The molecule has 0 unspecified atom stereocenters. The number of benzene rings is 2. The zero-order chi connectivity index (χ0) is 33.2. The van der Waals surface area contributed by atoms with Gasteiger partial charge in [-0.3, -0.25) is 4.79 Å². The van der Waals surface area contributed by atoms with Crippen LogP contribution in [0, 0.1) is 16.0 Å². The average Bonchev–Trinajstić information content (AvgIpc) is 3.68. The number of amides is 1. The second kappa shape index (κ2) is 15.6. The van der Waals surface area contributed by atoms with Crippen LogP contribution in [0.2, 0.25) is 0 Å². The van der Waals surface area contributed by atoms with Crippen LogP contribution >= 0.6 is 0 Å². The largest absolute Gasteiger partial charge is 0.519 e. The molecule has 0 aliphatic rings. The number of carbonyl (C=O) groups is 2. The van der Waals surface area contributed by atoms with E-state index in [0.29, 0.717) is 12.2 Å². The molecule has 15 nitrogen and oxygen atoms in total. The van der Waals surface area contributed by atoms with E-state index in [1.165, 1.54) is 11.8 Å². The minimum Gasteiger partial charge on any atom is -0.456 e. The number of aromatic nitrogens is 4. The molecule has 2 aromatic carbocycles. The van der Waals surface area contributed by atoms with Gasteiger partial charge in [-0.25, -0.2) is 9.59 Å². The van der Waals surface area contributed by atoms with Gasteiger partial charge in [-0.15, -0.1) is 20.3 Å². The van der Waals surface area contributed by atoms with Crippen molar-refractivity contribution in [3.63, 3.8) is 0 Å².